The van der Waals surface area contributed by atoms with E-state index < -0.39 is 11.4 Å². The van der Waals surface area contributed by atoms with Crippen molar-refractivity contribution in [3.8, 4) is 16.9 Å². The molecular weight excluding hydrogens is 537 g/mol. The van der Waals surface area contributed by atoms with E-state index in [2.05, 4.69) is 64.3 Å². The molecule has 7 heteroatoms. The van der Waals surface area contributed by atoms with Crippen LogP contribution in [0.4, 0.5) is 0 Å². The van der Waals surface area contributed by atoms with Crippen LogP contribution in [0.2, 0.25) is 0 Å². The summed E-state index contributed by atoms with van der Waals surface area (Å²) in [6, 6.07) is 22.8. The van der Waals surface area contributed by atoms with Crippen LogP contribution in [0.5, 0.6) is 5.75 Å². The summed E-state index contributed by atoms with van der Waals surface area (Å²) in [5.41, 5.74) is 5.68. The first-order valence-corrected chi connectivity index (χ1v) is 15.3. The molecule has 0 fully saturated rings. The van der Waals surface area contributed by atoms with Crippen molar-refractivity contribution in [2.24, 2.45) is 5.41 Å². The van der Waals surface area contributed by atoms with Crippen molar-refractivity contribution in [1.82, 2.24) is 9.55 Å². The predicted octanol–water partition coefficient (Wildman–Crippen LogP) is 8.08. The van der Waals surface area contributed by atoms with Crippen molar-refractivity contribution in [3.05, 3.63) is 100 Å². The van der Waals surface area contributed by atoms with Gasteiger partial charge in [-0.05, 0) is 55.5 Å². The molecule has 1 aliphatic heterocycles. The van der Waals surface area contributed by atoms with Crippen molar-refractivity contribution < 1.29 is 14.6 Å². The number of benzene rings is 2. The number of pyridine rings is 1. The Morgan fingerprint density at radius 1 is 1.07 bits per heavy atom. The van der Waals surface area contributed by atoms with Gasteiger partial charge in [0.15, 0.2) is 0 Å². The van der Waals surface area contributed by atoms with Gasteiger partial charge in [0.1, 0.15) is 12.4 Å². The third-order valence-electron chi connectivity index (χ3n) is 7.55. The monoisotopic (exact) mass is 568 g/mol. The summed E-state index contributed by atoms with van der Waals surface area (Å²) in [7, 11) is 0. The average Bonchev–Trinajstić information content (AvgIpc) is 3.56. The Balaban J connectivity index is 1.37. The van der Waals surface area contributed by atoms with Crippen molar-refractivity contribution in [3.63, 3.8) is 0 Å². The molecule has 4 heterocycles. The van der Waals surface area contributed by atoms with Crippen molar-refractivity contribution in [2.45, 2.75) is 56.9 Å². The quantitative estimate of drug-likeness (QED) is 0.195. The van der Waals surface area contributed by atoms with Gasteiger partial charge in [-0.25, -0.2) is 0 Å². The minimum atomic E-state index is -0.879. The van der Waals surface area contributed by atoms with Crippen molar-refractivity contribution >= 4 is 40.0 Å². The summed E-state index contributed by atoms with van der Waals surface area (Å²) in [5, 5.41) is 13.6. The highest BCUT2D eigenvalue weighted by molar-refractivity contribution is 8.00. The number of nitrogens with zero attached hydrogens (tertiary/aromatic N) is 2. The third-order valence-corrected chi connectivity index (χ3v) is 9.66. The lowest BCUT2D eigenvalue weighted by Gasteiger charge is -2.24. The molecule has 5 nitrogen and oxygen atoms in total. The number of hydrogen-bond donors (Lipinski definition) is 1. The number of carboxylic acids is 1. The Hall–Kier alpha value is -3.55. The van der Waals surface area contributed by atoms with Crippen LogP contribution >= 0.6 is 23.1 Å². The van der Waals surface area contributed by atoms with Crippen LogP contribution < -0.4 is 4.74 Å². The number of thioether (sulfide) groups is 1. The minimum absolute atomic E-state index is 0.355. The van der Waals surface area contributed by atoms with Crippen LogP contribution in [0.1, 0.15) is 42.6 Å². The van der Waals surface area contributed by atoms with E-state index in [-0.39, 0.29) is 0 Å². The van der Waals surface area contributed by atoms with Gasteiger partial charge in [0.25, 0.3) is 0 Å². The molecule has 0 amide bonds. The Morgan fingerprint density at radius 2 is 1.90 bits per heavy atom. The number of thiophene rings is 1. The third kappa shape index (κ3) is 5.16. The summed E-state index contributed by atoms with van der Waals surface area (Å²) < 4.78 is 8.76. The summed E-state index contributed by atoms with van der Waals surface area (Å²) in [6.45, 7) is 6.99. The van der Waals surface area contributed by atoms with E-state index in [1.807, 2.05) is 56.1 Å². The van der Waals surface area contributed by atoms with Gasteiger partial charge in [0, 0.05) is 49.8 Å². The van der Waals surface area contributed by atoms with Gasteiger partial charge in [-0.3, -0.25) is 9.78 Å². The normalized spacial score (nSPS) is 14.9. The fourth-order valence-electron chi connectivity index (χ4n) is 5.37. The molecule has 0 saturated heterocycles. The van der Waals surface area contributed by atoms with Gasteiger partial charge >= 0.3 is 5.97 Å². The SMILES string of the molecule is CC1Cc2c(OCc3ccc(-c4ccccc4)cn3)ccc3c2c(c(CC(C)(C)C(=O)O)n3Cc2cccs2)S1. The lowest BCUT2D eigenvalue weighted by molar-refractivity contribution is -0.146. The highest BCUT2D eigenvalue weighted by atomic mass is 32.2. The topological polar surface area (TPSA) is 64.3 Å². The minimum Gasteiger partial charge on any atom is -0.487 e. The maximum absolute atomic E-state index is 12.1. The Labute approximate surface area is 242 Å². The van der Waals surface area contributed by atoms with E-state index in [1.54, 1.807) is 11.3 Å². The molecule has 40 heavy (non-hydrogen) atoms. The van der Waals surface area contributed by atoms with E-state index in [1.165, 1.54) is 20.7 Å². The fourth-order valence-corrected chi connectivity index (χ4v) is 7.38. The lowest BCUT2D eigenvalue weighted by Crippen LogP contribution is -2.27. The maximum atomic E-state index is 12.1. The van der Waals surface area contributed by atoms with Gasteiger partial charge in [0.05, 0.1) is 23.2 Å². The molecule has 0 bridgehead atoms. The number of hydrogen-bond acceptors (Lipinski definition) is 5. The van der Waals surface area contributed by atoms with E-state index >= 15 is 0 Å². The van der Waals surface area contributed by atoms with Gasteiger partial charge in [-0.15, -0.1) is 23.1 Å². The molecule has 1 atom stereocenters. The van der Waals surface area contributed by atoms with Crippen LogP contribution in [0, 0.1) is 5.41 Å². The van der Waals surface area contributed by atoms with Crippen LogP contribution in [0.25, 0.3) is 22.0 Å². The van der Waals surface area contributed by atoms with Crippen molar-refractivity contribution in [2.75, 3.05) is 0 Å². The van der Waals surface area contributed by atoms with Crippen LogP contribution in [0.15, 0.2) is 83.2 Å². The molecule has 1 aliphatic rings. The summed E-state index contributed by atoms with van der Waals surface area (Å²) >= 11 is 3.59. The van der Waals surface area contributed by atoms with E-state index in [9.17, 15) is 9.90 Å². The average molecular weight is 569 g/mol. The van der Waals surface area contributed by atoms with Crippen LogP contribution in [-0.2, 0) is 30.8 Å². The molecule has 1 N–H and O–H groups in total. The van der Waals surface area contributed by atoms with E-state index in [4.69, 9.17) is 4.74 Å². The Bertz CT molecular complexity index is 1660. The standard InChI is InChI=1S/C33H32N2O3S2/c1-21-16-26-29(38-20-24-12-11-23(18-34-24)22-8-5-4-6-9-22)14-13-27-30(26)31(40-21)28(17-33(2,3)32(36)37)35(27)19-25-10-7-15-39-25/h4-15,18,21H,16-17,19-20H2,1-3H3,(H,36,37). The molecule has 5 aromatic rings. The smallest absolute Gasteiger partial charge is 0.309 e. The number of carboxylic acid groups (broad SMARTS) is 1. The summed E-state index contributed by atoms with van der Waals surface area (Å²) in [4.78, 5) is 19.3. The van der Waals surface area contributed by atoms with Gasteiger partial charge < -0.3 is 14.4 Å². The van der Waals surface area contributed by atoms with E-state index in [0.717, 1.165) is 46.7 Å². The largest absolute Gasteiger partial charge is 0.487 e. The first-order valence-electron chi connectivity index (χ1n) is 13.5. The second-order valence-electron chi connectivity index (χ2n) is 11.1. The molecule has 0 radical (unpaired) electrons. The molecule has 6 rings (SSSR count). The Morgan fingerprint density at radius 3 is 2.60 bits per heavy atom. The van der Waals surface area contributed by atoms with E-state index in [0.29, 0.717) is 18.3 Å². The number of carbonyl (C=O) groups is 1. The highest BCUT2D eigenvalue weighted by Gasteiger charge is 2.34. The second-order valence-corrected chi connectivity index (χ2v) is 13.5. The number of rotatable bonds is 9. The molecule has 1 unspecified atom stereocenters. The zero-order chi connectivity index (χ0) is 27.9. The lowest BCUT2D eigenvalue weighted by atomic mass is 9.88. The molecule has 3 aromatic heterocycles. The molecule has 204 valence electrons. The first kappa shape index (κ1) is 26.7. The Kier molecular flexibility index (Phi) is 7.19. The first-order chi connectivity index (χ1) is 19.3. The van der Waals surface area contributed by atoms with Crippen LogP contribution in [-0.4, -0.2) is 25.9 Å². The predicted molar refractivity (Wildman–Crippen MR) is 164 cm³/mol. The number of aromatic nitrogens is 2. The highest BCUT2D eigenvalue weighted by Crippen LogP contribution is 2.48. The van der Waals surface area contributed by atoms with Crippen molar-refractivity contribution in [1.29, 1.82) is 0 Å². The molecule has 0 aliphatic carbocycles. The second kappa shape index (κ2) is 10.8. The van der Waals surface area contributed by atoms with Crippen LogP contribution in [0.3, 0.4) is 0 Å². The molecule has 0 spiro atoms. The number of aliphatic carboxylic acids is 1. The summed E-state index contributed by atoms with van der Waals surface area (Å²) in [5.74, 6) is 0.101. The number of ether oxygens (including phenoxy) is 1. The zero-order valence-corrected chi connectivity index (χ0v) is 24.5. The summed E-state index contributed by atoms with van der Waals surface area (Å²) in [6.07, 6.45) is 3.26. The zero-order valence-electron chi connectivity index (χ0n) is 22.9. The molecule has 2 aromatic carbocycles. The van der Waals surface area contributed by atoms with Gasteiger partial charge in [-0.1, -0.05) is 49.4 Å². The van der Waals surface area contributed by atoms with Gasteiger partial charge in [0.2, 0.25) is 0 Å². The van der Waals surface area contributed by atoms with Gasteiger partial charge in [-0.2, -0.15) is 0 Å². The molecule has 0 saturated carbocycles. The molecular formula is C33H32N2O3S2. The maximum Gasteiger partial charge on any atom is 0.309 e. The fraction of sp³-hybridized carbons (Fsp3) is 0.273.